The number of hydrogen-bond donors (Lipinski definition) is 1. The smallest absolute Gasteiger partial charge is 0.135 e. The van der Waals surface area contributed by atoms with Gasteiger partial charge in [-0.15, -0.1) is 11.3 Å². The first-order chi connectivity index (χ1) is 17.7. The molecule has 3 nitrogen and oxygen atoms in total. The maximum absolute atomic E-state index is 10.8. The van der Waals surface area contributed by atoms with Gasteiger partial charge in [-0.25, -0.2) is 0 Å². The van der Waals surface area contributed by atoms with Crippen molar-refractivity contribution in [1.82, 2.24) is 0 Å². The van der Waals surface area contributed by atoms with E-state index >= 15 is 0 Å². The summed E-state index contributed by atoms with van der Waals surface area (Å²) in [5, 5.41) is 13.1. The van der Waals surface area contributed by atoms with Crippen LogP contribution in [0.5, 0.6) is 5.75 Å². The van der Waals surface area contributed by atoms with Crippen LogP contribution in [0.4, 0.5) is 0 Å². The van der Waals surface area contributed by atoms with Gasteiger partial charge >= 0.3 is 0 Å². The Balaban J connectivity index is 1.15. The van der Waals surface area contributed by atoms with Crippen molar-refractivity contribution in [2.75, 3.05) is 0 Å². The highest BCUT2D eigenvalue weighted by Gasteiger charge is 2.13. The third-order valence-electron chi connectivity index (χ3n) is 6.46. The van der Waals surface area contributed by atoms with Crippen LogP contribution in [0.25, 0.3) is 65.5 Å². The number of hydrogen-bond acceptors (Lipinski definition) is 4. The summed E-state index contributed by atoms with van der Waals surface area (Å²) in [5.74, 6) is 2.57. The first-order valence-electron chi connectivity index (χ1n) is 11.7. The Morgan fingerprint density at radius 3 is 1.94 bits per heavy atom. The van der Waals surface area contributed by atoms with Gasteiger partial charge in [-0.2, -0.15) is 0 Å². The fourth-order valence-corrected chi connectivity index (χ4v) is 5.68. The third kappa shape index (κ3) is 3.60. The normalized spacial score (nSPS) is 11.4. The van der Waals surface area contributed by atoms with E-state index in [4.69, 9.17) is 8.83 Å². The molecule has 0 radical (unpaired) electrons. The Kier molecular flexibility index (Phi) is 4.79. The molecule has 3 aromatic heterocycles. The first kappa shape index (κ1) is 20.8. The second-order valence-corrected chi connectivity index (χ2v) is 9.85. The van der Waals surface area contributed by atoms with Crippen molar-refractivity contribution in [3.8, 4) is 50.2 Å². The second kappa shape index (κ2) is 8.29. The van der Waals surface area contributed by atoms with Crippen LogP contribution in [0.2, 0.25) is 0 Å². The Morgan fingerprint density at radius 2 is 1.19 bits per heavy atom. The van der Waals surface area contributed by atoms with Crippen molar-refractivity contribution in [3.63, 3.8) is 0 Å². The molecule has 0 spiro atoms. The summed E-state index contributed by atoms with van der Waals surface area (Å²) >= 11 is 1.68. The highest BCUT2D eigenvalue weighted by Crippen LogP contribution is 2.40. The summed E-state index contributed by atoms with van der Waals surface area (Å²) in [7, 11) is 0. The van der Waals surface area contributed by atoms with Gasteiger partial charge in [0.05, 0.1) is 0 Å². The van der Waals surface area contributed by atoms with Gasteiger partial charge < -0.3 is 13.9 Å². The van der Waals surface area contributed by atoms with E-state index in [1.807, 2.05) is 84.9 Å². The maximum Gasteiger partial charge on any atom is 0.135 e. The molecule has 0 bridgehead atoms. The fourth-order valence-electron chi connectivity index (χ4n) is 4.58. The molecule has 0 saturated carbocycles. The molecule has 4 aromatic carbocycles. The lowest BCUT2D eigenvalue weighted by atomic mass is 10.1. The predicted octanol–water partition coefficient (Wildman–Crippen LogP) is 9.61. The van der Waals surface area contributed by atoms with E-state index in [1.54, 1.807) is 17.4 Å². The summed E-state index contributed by atoms with van der Waals surface area (Å²) in [5.41, 5.74) is 4.54. The fraction of sp³-hybridized carbons (Fsp3) is 0. The van der Waals surface area contributed by atoms with Crippen molar-refractivity contribution >= 4 is 32.4 Å². The van der Waals surface area contributed by atoms with Crippen LogP contribution < -0.4 is 0 Å². The molecule has 0 aliphatic carbocycles. The van der Waals surface area contributed by atoms with E-state index in [9.17, 15) is 5.11 Å². The molecule has 7 rings (SSSR count). The largest absolute Gasteiger partial charge is 0.507 e. The van der Waals surface area contributed by atoms with E-state index in [-0.39, 0.29) is 5.75 Å². The summed E-state index contributed by atoms with van der Waals surface area (Å²) in [6.45, 7) is 0. The molecule has 0 saturated heterocycles. The van der Waals surface area contributed by atoms with Crippen molar-refractivity contribution in [3.05, 3.63) is 115 Å². The monoisotopic (exact) mass is 484 g/mol. The average molecular weight is 485 g/mol. The quantitative estimate of drug-likeness (QED) is 0.270. The van der Waals surface area contributed by atoms with Crippen LogP contribution in [0.3, 0.4) is 0 Å². The SMILES string of the molecule is Oc1cc(-c2ccc(-c3ccc(-c4cc5ccccc5o4)cc3)o2)ccc1-c1cc2ccccc2s1. The summed E-state index contributed by atoms with van der Waals surface area (Å²) in [6.07, 6.45) is 0. The van der Waals surface area contributed by atoms with E-state index in [0.29, 0.717) is 5.76 Å². The lowest BCUT2D eigenvalue weighted by molar-refractivity contribution is 0.477. The van der Waals surface area contributed by atoms with Gasteiger partial charge in [0.15, 0.2) is 0 Å². The predicted molar refractivity (Wildman–Crippen MR) is 147 cm³/mol. The van der Waals surface area contributed by atoms with Crippen molar-refractivity contribution in [2.24, 2.45) is 0 Å². The number of furan rings is 2. The van der Waals surface area contributed by atoms with Gasteiger partial charge in [-0.3, -0.25) is 0 Å². The first-order valence-corrected chi connectivity index (χ1v) is 12.5. The molecule has 1 N–H and O–H groups in total. The molecular formula is C32H20O3S. The standard InChI is InChI=1S/C32H20O3S/c33-26-17-23(13-14-25(26)32-19-24-6-2-4-8-31(24)36-32)29-16-15-28(34-29)20-9-11-21(12-10-20)30-18-22-5-1-3-7-27(22)35-30/h1-19,33H. The van der Waals surface area contributed by atoms with E-state index in [0.717, 1.165) is 49.6 Å². The molecule has 0 aliphatic heterocycles. The molecule has 7 aromatic rings. The highest BCUT2D eigenvalue weighted by atomic mass is 32.1. The van der Waals surface area contributed by atoms with E-state index in [1.165, 1.54) is 10.1 Å². The van der Waals surface area contributed by atoms with Gasteiger partial charge in [0.2, 0.25) is 0 Å². The molecule has 3 heterocycles. The minimum absolute atomic E-state index is 0.243. The summed E-state index contributed by atoms with van der Waals surface area (Å²) < 4.78 is 13.4. The minimum Gasteiger partial charge on any atom is -0.507 e. The number of thiophene rings is 1. The highest BCUT2D eigenvalue weighted by molar-refractivity contribution is 7.22. The zero-order valence-corrected chi connectivity index (χ0v) is 20.0. The van der Waals surface area contributed by atoms with Crippen LogP contribution in [0, 0.1) is 0 Å². The molecule has 36 heavy (non-hydrogen) atoms. The summed E-state index contributed by atoms with van der Waals surface area (Å²) in [4.78, 5) is 1.05. The molecule has 0 aliphatic rings. The van der Waals surface area contributed by atoms with Gasteiger partial charge in [0.1, 0.15) is 28.6 Å². The number of para-hydroxylation sites is 1. The van der Waals surface area contributed by atoms with E-state index in [2.05, 4.69) is 24.3 Å². The zero-order valence-electron chi connectivity index (χ0n) is 19.1. The lowest BCUT2D eigenvalue weighted by Gasteiger charge is -2.05. The number of phenols is 1. The number of benzene rings is 4. The number of aromatic hydroxyl groups is 1. The average Bonchev–Trinajstić information content (AvgIpc) is 3.66. The van der Waals surface area contributed by atoms with E-state index < -0.39 is 0 Å². The topological polar surface area (TPSA) is 46.5 Å². The second-order valence-electron chi connectivity index (χ2n) is 8.77. The Bertz CT molecular complexity index is 1780. The van der Waals surface area contributed by atoms with Crippen LogP contribution in [-0.4, -0.2) is 5.11 Å². The summed E-state index contributed by atoms with van der Waals surface area (Å²) in [6, 6.07) is 38.2. The lowest BCUT2D eigenvalue weighted by Crippen LogP contribution is -1.79. The van der Waals surface area contributed by atoms with Crippen molar-refractivity contribution in [1.29, 1.82) is 0 Å². The van der Waals surface area contributed by atoms with Crippen LogP contribution >= 0.6 is 11.3 Å². The van der Waals surface area contributed by atoms with Crippen LogP contribution in [-0.2, 0) is 0 Å². The molecular weight excluding hydrogens is 464 g/mol. The van der Waals surface area contributed by atoms with Gasteiger partial charge in [-0.1, -0.05) is 66.7 Å². The zero-order chi connectivity index (χ0) is 24.1. The Labute approximate surface area is 211 Å². The maximum atomic E-state index is 10.8. The number of fused-ring (bicyclic) bond motifs is 2. The molecule has 0 amide bonds. The van der Waals surface area contributed by atoms with Gasteiger partial charge in [0.25, 0.3) is 0 Å². The number of rotatable bonds is 4. The Morgan fingerprint density at radius 1 is 0.528 bits per heavy atom. The molecule has 172 valence electrons. The third-order valence-corrected chi connectivity index (χ3v) is 7.61. The molecule has 4 heteroatoms. The Hall–Kier alpha value is -4.54. The van der Waals surface area contributed by atoms with Gasteiger partial charge in [0, 0.05) is 37.2 Å². The van der Waals surface area contributed by atoms with Crippen molar-refractivity contribution < 1.29 is 13.9 Å². The van der Waals surface area contributed by atoms with Crippen LogP contribution in [0.1, 0.15) is 0 Å². The molecule has 0 atom stereocenters. The molecule has 0 fully saturated rings. The van der Waals surface area contributed by atoms with Gasteiger partial charge in [-0.05, 0) is 53.9 Å². The van der Waals surface area contributed by atoms with Crippen LogP contribution in [0.15, 0.2) is 124 Å². The minimum atomic E-state index is 0.243. The van der Waals surface area contributed by atoms with Crippen molar-refractivity contribution in [2.45, 2.75) is 0 Å². The number of phenolic OH excluding ortho intramolecular Hbond substituents is 1. The molecule has 0 unspecified atom stereocenters.